The van der Waals surface area contributed by atoms with Crippen molar-refractivity contribution in [1.29, 1.82) is 0 Å². The average molecular weight is 481 g/mol. The van der Waals surface area contributed by atoms with Gasteiger partial charge in [-0.15, -0.1) is 0 Å². The van der Waals surface area contributed by atoms with E-state index in [1.165, 1.54) is 6.07 Å². The van der Waals surface area contributed by atoms with Gasteiger partial charge in [0.05, 0.1) is 4.90 Å². The zero-order valence-corrected chi connectivity index (χ0v) is 19.6. The number of benzene rings is 3. The van der Waals surface area contributed by atoms with Gasteiger partial charge in [-0.2, -0.15) is 4.72 Å². The highest BCUT2D eigenvalue weighted by Gasteiger charge is 2.31. The van der Waals surface area contributed by atoms with Crippen LogP contribution < -0.4 is 15.4 Å². The van der Waals surface area contributed by atoms with Crippen molar-refractivity contribution in [2.45, 2.75) is 23.8 Å². The number of para-hydroxylation sites is 1. The largest absolute Gasteiger partial charge is 0.370 e. The first-order chi connectivity index (χ1) is 16.3. The lowest BCUT2D eigenvalue weighted by Gasteiger charge is -2.37. The molecule has 0 spiro atoms. The molecule has 34 heavy (non-hydrogen) atoms. The first-order valence-electron chi connectivity index (χ1n) is 11.2. The highest BCUT2D eigenvalue weighted by molar-refractivity contribution is 7.89. The van der Waals surface area contributed by atoms with Crippen LogP contribution in [0.4, 0.5) is 5.69 Å². The third-order valence-corrected chi connectivity index (χ3v) is 7.49. The molecule has 4 rings (SSSR count). The van der Waals surface area contributed by atoms with Gasteiger partial charge in [-0.05, 0) is 41.5 Å². The summed E-state index contributed by atoms with van der Waals surface area (Å²) in [5.74, 6) is -0.935. The van der Waals surface area contributed by atoms with Crippen LogP contribution in [-0.2, 0) is 19.6 Å². The lowest BCUT2D eigenvalue weighted by molar-refractivity contribution is -0.133. The molecular weight excluding hydrogens is 452 g/mol. The van der Waals surface area contributed by atoms with Gasteiger partial charge in [0.2, 0.25) is 21.8 Å². The highest BCUT2D eigenvalue weighted by atomic mass is 32.2. The van der Waals surface area contributed by atoms with E-state index in [9.17, 15) is 18.0 Å². The Balaban J connectivity index is 1.49. The van der Waals surface area contributed by atoms with Crippen LogP contribution in [0.15, 0.2) is 77.7 Å². The number of rotatable bonds is 8. The van der Waals surface area contributed by atoms with E-state index >= 15 is 0 Å². The maximum absolute atomic E-state index is 13.3. The third-order valence-electron chi connectivity index (χ3n) is 6.02. The molecule has 1 saturated heterocycles. The van der Waals surface area contributed by atoms with Gasteiger partial charge in [-0.25, -0.2) is 8.42 Å². The number of hydrogen-bond donors (Lipinski definition) is 2. The van der Waals surface area contributed by atoms with Gasteiger partial charge in [0.1, 0.15) is 6.04 Å². The zero-order valence-electron chi connectivity index (χ0n) is 18.8. The van der Waals surface area contributed by atoms with Crippen molar-refractivity contribution in [2.75, 3.05) is 31.1 Å². The van der Waals surface area contributed by atoms with E-state index in [0.717, 1.165) is 16.5 Å². The fraction of sp³-hybridized carbons (Fsp3) is 0.280. The van der Waals surface area contributed by atoms with Crippen molar-refractivity contribution >= 4 is 38.3 Å². The number of nitrogens with zero attached hydrogens (tertiary/aromatic N) is 2. The normalized spacial score (nSPS) is 15.3. The van der Waals surface area contributed by atoms with Crippen molar-refractivity contribution in [3.8, 4) is 0 Å². The Bertz CT molecular complexity index is 1270. The first-order valence-corrected chi connectivity index (χ1v) is 12.7. The molecule has 1 fully saturated rings. The predicted molar refractivity (Wildman–Crippen MR) is 132 cm³/mol. The Morgan fingerprint density at radius 3 is 2.21 bits per heavy atom. The van der Waals surface area contributed by atoms with Gasteiger partial charge in [0, 0.05) is 38.3 Å². The average Bonchev–Trinajstić information content (AvgIpc) is 2.86. The predicted octanol–water partition coefficient (Wildman–Crippen LogP) is 2.10. The fourth-order valence-corrected chi connectivity index (χ4v) is 5.41. The second-order valence-corrected chi connectivity index (χ2v) is 10.0. The van der Waals surface area contributed by atoms with E-state index in [2.05, 4.69) is 9.62 Å². The summed E-state index contributed by atoms with van der Waals surface area (Å²) in [4.78, 5) is 28.6. The molecule has 1 aliphatic heterocycles. The van der Waals surface area contributed by atoms with Crippen molar-refractivity contribution in [1.82, 2.24) is 9.62 Å². The molecule has 0 bridgehead atoms. The minimum atomic E-state index is -4.00. The summed E-state index contributed by atoms with van der Waals surface area (Å²) in [7, 11) is -4.00. The molecule has 8 nitrogen and oxygen atoms in total. The molecule has 0 aliphatic carbocycles. The van der Waals surface area contributed by atoms with Crippen LogP contribution in [0.25, 0.3) is 10.8 Å². The van der Waals surface area contributed by atoms with E-state index in [4.69, 9.17) is 5.73 Å². The number of carbonyl (C=O) groups is 2. The molecule has 0 aromatic heterocycles. The number of anilines is 1. The summed E-state index contributed by atoms with van der Waals surface area (Å²) in [6.45, 7) is 2.18. The summed E-state index contributed by atoms with van der Waals surface area (Å²) in [6, 6.07) is 21.1. The molecule has 1 heterocycles. The lowest BCUT2D eigenvalue weighted by atomic mass is 10.1. The Morgan fingerprint density at radius 2 is 1.53 bits per heavy atom. The lowest BCUT2D eigenvalue weighted by Crippen LogP contribution is -2.55. The van der Waals surface area contributed by atoms with Crippen LogP contribution in [-0.4, -0.2) is 57.4 Å². The highest BCUT2D eigenvalue weighted by Crippen LogP contribution is 2.21. The van der Waals surface area contributed by atoms with Crippen molar-refractivity contribution in [2.24, 2.45) is 5.73 Å². The van der Waals surface area contributed by atoms with Gasteiger partial charge < -0.3 is 15.5 Å². The van der Waals surface area contributed by atoms with Crippen LogP contribution in [0.3, 0.4) is 0 Å². The number of amides is 2. The molecule has 3 aromatic carbocycles. The molecule has 178 valence electrons. The summed E-state index contributed by atoms with van der Waals surface area (Å²) in [5, 5.41) is 1.70. The molecule has 3 N–H and O–H groups in total. The van der Waals surface area contributed by atoms with Crippen molar-refractivity contribution < 1.29 is 18.0 Å². The number of nitrogens with two attached hydrogens (primary N) is 1. The maximum atomic E-state index is 13.3. The van der Waals surface area contributed by atoms with Crippen molar-refractivity contribution in [3.63, 3.8) is 0 Å². The standard InChI is InChI=1S/C25H28N4O4S/c26-24(30)13-12-23(25(31)29-16-14-28(15-17-29)21-8-2-1-3-9-21)27-34(32,33)22-11-10-19-6-4-5-7-20(19)18-22/h1-11,18,23,27H,12-17H2,(H2,26,30)/t23-/m0/s1. The second-order valence-electron chi connectivity index (χ2n) is 8.34. The monoisotopic (exact) mass is 480 g/mol. The van der Waals surface area contributed by atoms with Gasteiger partial charge in [0.25, 0.3) is 0 Å². The zero-order chi connectivity index (χ0) is 24.1. The summed E-state index contributed by atoms with van der Waals surface area (Å²) >= 11 is 0. The SMILES string of the molecule is NC(=O)CC[C@H](NS(=O)(=O)c1ccc2ccccc2c1)C(=O)N1CCN(c2ccccc2)CC1. The van der Waals surface area contributed by atoms with Gasteiger partial charge in [0.15, 0.2) is 0 Å². The number of primary amides is 1. The van der Waals surface area contributed by atoms with Gasteiger partial charge in [-0.1, -0.05) is 48.5 Å². The second kappa shape index (κ2) is 10.2. The molecule has 9 heteroatoms. The Kier molecular flexibility index (Phi) is 7.14. The van der Waals surface area contributed by atoms with Gasteiger partial charge in [-0.3, -0.25) is 9.59 Å². The quantitative estimate of drug-likeness (QED) is 0.513. The molecular formula is C25H28N4O4S. The Hall–Kier alpha value is -3.43. The maximum Gasteiger partial charge on any atom is 0.241 e. The smallest absolute Gasteiger partial charge is 0.241 e. The molecule has 2 amide bonds. The Labute approximate surface area is 199 Å². The summed E-state index contributed by atoms with van der Waals surface area (Å²) in [6.07, 6.45) is -0.0967. The Morgan fingerprint density at radius 1 is 0.882 bits per heavy atom. The molecule has 1 atom stereocenters. The molecule has 0 saturated carbocycles. The minimum Gasteiger partial charge on any atom is -0.370 e. The molecule has 0 radical (unpaired) electrons. The van der Waals surface area contributed by atoms with Crippen LogP contribution >= 0.6 is 0 Å². The molecule has 1 aliphatic rings. The summed E-state index contributed by atoms with van der Waals surface area (Å²) in [5.41, 5.74) is 6.37. The van der Waals surface area contributed by atoms with E-state index in [1.807, 2.05) is 54.6 Å². The number of sulfonamides is 1. The van der Waals surface area contributed by atoms with Gasteiger partial charge >= 0.3 is 0 Å². The topological polar surface area (TPSA) is 113 Å². The van der Waals surface area contributed by atoms with E-state index in [0.29, 0.717) is 26.2 Å². The number of piperazine rings is 1. The van der Waals surface area contributed by atoms with E-state index < -0.39 is 22.0 Å². The van der Waals surface area contributed by atoms with Crippen LogP contribution in [0, 0.1) is 0 Å². The first kappa shape index (κ1) is 23.7. The third kappa shape index (κ3) is 5.55. The number of carbonyl (C=O) groups excluding carboxylic acids is 2. The fourth-order valence-electron chi connectivity index (χ4n) is 4.15. The van der Waals surface area contributed by atoms with Crippen LogP contribution in [0.1, 0.15) is 12.8 Å². The van der Waals surface area contributed by atoms with Crippen LogP contribution in [0.5, 0.6) is 0 Å². The van der Waals surface area contributed by atoms with E-state index in [1.54, 1.807) is 17.0 Å². The van der Waals surface area contributed by atoms with E-state index in [-0.39, 0.29) is 23.6 Å². The minimum absolute atomic E-state index is 0.000122. The molecule has 3 aromatic rings. The number of hydrogen-bond acceptors (Lipinski definition) is 5. The summed E-state index contributed by atoms with van der Waals surface area (Å²) < 4.78 is 28.8. The molecule has 0 unspecified atom stereocenters. The number of fused-ring (bicyclic) bond motifs is 1. The van der Waals surface area contributed by atoms with Crippen molar-refractivity contribution in [3.05, 3.63) is 72.8 Å². The van der Waals surface area contributed by atoms with Crippen LogP contribution in [0.2, 0.25) is 0 Å². The number of nitrogens with one attached hydrogen (secondary N) is 1.